The van der Waals surface area contributed by atoms with Crippen molar-refractivity contribution in [3.05, 3.63) is 35.7 Å². The molecule has 4 rings (SSSR count). The molecule has 1 N–H and O–H groups in total. The Balaban J connectivity index is 1.33. The molecule has 2 bridgehead atoms. The molecule has 2 fully saturated rings. The molecule has 2 aliphatic carbocycles. The van der Waals surface area contributed by atoms with Crippen molar-refractivity contribution >= 4 is 11.6 Å². The largest absolute Gasteiger partial charge is 0.421 e. The fraction of sp³-hybridized carbons (Fsp3) is 0.545. The first kappa shape index (κ1) is 18.8. The highest BCUT2D eigenvalue weighted by molar-refractivity contribution is 5.95. The lowest BCUT2D eigenvalue weighted by Crippen LogP contribution is -2.34. The van der Waals surface area contributed by atoms with Gasteiger partial charge in [-0.2, -0.15) is 5.10 Å². The number of hydrogen-bond donors (Lipinski definition) is 1. The third-order valence-electron chi connectivity index (χ3n) is 7.16. The van der Waals surface area contributed by atoms with Gasteiger partial charge >= 0.3 is 0 Å². The van der Waals surface area contributed by atoms with Crippen molar-refractivity contribution in [2.45, 2.75) is 59.8 Å². The van der Waals surface area contributed by atoms with Crippen LogP contribution in [0.3, 0.4) is 0 Å². The molecule has 2 aliphatic rings. The number of carbonyl (C=O) groups is 1. The molecule has 1 aromatic heterocycles. The smallest absolute Gasteiger partial charge is 0.247 e. The van der Waals surface area contributed by atoms with Crippen molar-refractivity contribution in [2.75, 3.05) is 0 Å². The monoisotopic (exact) mass is 380 g/mol. The molecule has 0 spiro atoms. The Morgan fingerprint density at radius 1 is 1.25 bits per heavy atom. The second-order valence-corrected chi connectivity index (χ2v) is 8.95. The van der Waals surface area contributed by atoms with E-state index in [2.05, 4.69) is 41.5 Å². The zero-order valence-corrected chi connectivity index (χ0v) is 17.1. The van der Waals surface area contributed by atoms with Gasteiger partial charge in [-0.3, -0.25) is 4.79 Å². The van der Waals surface area contributed by atoms with Gasteiger partial charge in [0.25, 0.3) is 0 Å². The van der Waals surface area contributed by atoms with Crippen molar-refractivity contribution in [3.63, 3.8) is 0 Å². The molecule has 148 valence electrons. The lowest BCUT2D eigenvalue weighted by atomic mass is 9.70. The SMILES string of the molecule is Cc1ccc(-c2nnc(CCC(=O)N/N=C3/C[C@H]4CC[C@@]3(C)C4(C)C)o2)cc1. The molecule has 6 nitrogen and oxygen atoms in total. The number of aromatic nitrogens is 2. The van der Waals surface area contributed by atoms with Gasteiger partial charge in [0.05, 0.1) is 0 Å². The van der Waals surface area contributed by atoms with Crippen LogP contribution in [0.15, 0.2) is 33.8 Å². The molecular formula is C22H28N4O2. The number of carbonyl (C=O) groups excluding carboxylic acids is 1. The van der Waals surface area contributed by atoms with Gasteiger partial charge in [-0.1, -0.05) is 38.5 Å². The second kappa shape index (κ2) is 6.83. The number of benzene rings is 1. The van der Waals surface area contributed by atoms with Crippen molar-refractivity contribution < 1.29 is 9.21 Å². The zero-order chi connectivity index (χ0) is 19.9. The lowest BCUT2D eigenvalue weighted by molar-refractivity contribution is -0.121. The van der Waals surface area contributed by atoms with E-state index in [0.29, 0.717) is 24.1 Å². The van der Waals surface area contributed by atoms with Crippen LogP contribution in [0.2, 0.25) is 0 Å². The second-order valence-electron chi connectivity index (χ2n) is 8.95. The van der Waals surface area contributed by atoms with Crippen molar-refractivity contribution in [1.29, 1.82) is 0 Å². The third-order valence-corrected chi connectivity index (χ3v) is 7.16. The number of fused-ring (bicyclic) bond motifs is 2. The first-order valence-corrected chi connectivity index (χ1v) is 10.0. The minimum Gasteiger partial charge on any atom is -0.421 e. The minimum absolute atomic E-state index is 0.0976. The Kier molecular flexibility index (Phi) is 4.60. The van der Waals surface area contributed by atoms with Gasteiger partial charge in [-0.15, -0.1) is 10.2 Å². The molecule has 6 heteroatoms. The standard InChI is InChI=1S/C22H28N4O2/c1-14-5-7-15(8-6-14)20-26-25-19(28-20)10-9-18(27)24-23-17-13-16-11-12-22(17,4)21(16,2)3/h5-8,16H,9-13H2,1-4H3,(H,24,27)/b23-17-/t16-,22-/m1/s1. The van der Waals surface area contributed by atoms with E-state index in [0.717, 1.165) is 24.1 Å². The van der Waals surface area contributed by atoms with Gasteiger partial charge < -0.3 is 4.42 Å². The Morgan fingerprint density at radius 3 is 2.64 bits per heavy atom. The van der Waals surface area contributed by atoms with E-state index < -0.39 is 0 Å². The number of hydrazone groups is 1. The number of nitrogens with zero attached hydrogens (tertiary/aromatic N) is 3. The van der Waals surface area contributed by atoms with Gasteiger partial charge in [0.1, 0.15) is 0 Å². The molecule has 1 amide bonds. The molecule has 28 heavy (non-hydrogen) atoms. The fourth-order valence-corrected chi connectivity index (χ4v) is 4.67. The molecule has 0 unspecified atom stereocenters. The maximum Gasteiger partial charge on any atom is 0.247 e. The average Bonchev–Trinajstić information content (AvgIpc) is 3.28. The zero-order valence-electron chi connectivity index (χ0n) is 17.1. The van der Waals surface area contributed by atoms with E-state index in [-0.39, 0.29) is 23.2 Å². The fourth-order valence-electron chi connectivity index (χ4n) is 4.67. The summed E-state index contributed by atoms with van der Waals surface area (Å²) >= 11 is 0. The van der Waals surface area contributed by atoms with Crippen LogP contribution in [0.1, 0.15) is 57.9 Å². The van der Waals surface area contributed by atoms with Crippen molar-refractivity contribution in [3.8, 4) is 11.5 Å². The van der Waals surface area contributed by atoms with Crippen LogP contribution in [-0.4, -0.2) is 21.8 Å². The predicted octanol–water partition coefficient (Wildman–Crippen LogP) is 4.30. The number of amides is 1. The van der Waals surface area contributed by atoms with E-state index in [9.17, 15) is 4.79 Å². The normalized spacial score (nSPS) is 26.7. The summed E-state index contributed by atoms with van der Waals surface area (Å²) in [6.07, 6.45) is 4.09. The van der Waals surface area contributed by atoms with Crippen LogP contribution >= 0.6 is 0 Å². The van der Waals surface area contributed by atoms with Gasteiger partial charge in [-0.05, 0) is 49.7 Å². The lowest BCUT2D eigenvalue weighted by Gasteiger charge is -2.34. The number of hydrogen-bond acceptors (Lipinski definition) is 5. The Bertz CT molecular complexity index is 913. The molecule has 2 aromatic rings. The molecule has 0 radical (unpaired) electrons. The van der Waals surface area contributed by atoms with Crippen LogP contribution < -0.4 is 5.43 Å². The van der Waals surface area contributed by atoms with Gasteiger partial charge in [-0.25, -0.2) is 5.43 Å². The summed E-state index contributed by atoms with van der Waals surface area (Å²) in [5, 5.41) is 12.6. The van der Waals surface area contributed by atoms with E-state index in [1.54, 1.807) is 0 Å². The van der Waals surface area contributed by atoms with Crippen LogP contribution in [-0.2, 0) is 11.2 Å². The number of nitrogens with one attached hydrogen (secondary N) is 1. The highest BCUT2D eigenvalue weighted by Gasteiger charge is 2.59. The van der Waals surface area contributed by atoms with E-state index in [1.165, 1.54) is 12.0 Å². The highest BCUT2D eigenvalue weighted by Crippen LogP contribution is 2.63. The van der Waals surface area contributed by atoms with Crippen LogP contribution in [0.4, 0.5) is 0 Å². The first-order valence-electron chi connectivity index (χ1n) is 10.0. The third kappa shape index (κ3) is 3.15. The molecule has 1 aromatic carbocycles. The molecule has 2 saturated carbocycles. The summed E-state index contributed by atoms with van der Waals surface area (Å²) in [4.78, 5) is 12.3. The number of aryl methyl sites for hydroxylation is 2. The number of rotatable bonds is 5. The van der Waals surface area contributed by atoms with Crippen molar-refractivity contribution in [1.82, 2.24) is 15.6 Å². The summed E-state index contributed by atoms with van der Waals surface area (Å²) in [6.45, 7) is 8.98. The maximum atomic E-state index is 12.3. The van der Waals surface area contributed by atoms with Crippen LogP contribution in [0.5, 0.6) is 0 Å². The van der Waals surface area contributed by atoms with Crippen molar-refractivity contribution in [2.24, 2.45) is 21.8 Å². The van der Waals surface area contributed by atoms with Crippen LogP contribution in [0.25, 0.3) is 11.5 Å². The Morgan fingerprint density at radius 2 is 2.00 bits per heavy atom. The molecule has 2 atom stereocenters. The maximum absolute atomic E-state index is 12.3. The minimum atomic E-state index is -0.119. The topological polar surface area (TPSA) is 80.4 Å². The average molecular weight is 380 g/mol. The Labute approximate surface area is 165 Å². The van der Waals surface area contributed by atoms with Gasteiger partial charge in [0.15, 0.2) is 0 Å². The Hall–Kier alpha value is -2.50. The van der Waals surface area contributed by atoms with E-state index >= 15 is 0 Å². The van der Waals surface area contributed by atoms with Gasteiger partial charge in [0, 0.05) is 29.5 Å². The summed E-state index contributed by atoms with van der Waals surface area (Å²) in [5.41, 5.74) is 6.30. The summed E-state index contributed by atoms with van der Waals surface area (Å²) < 4.78 is 5.68. The highest BCUT2D eigenvalue weighted by atomic mass is 16.4. The predicted molar refractivity (Wildman–Crippen MR) is 108 cm³/mol. The first-order chi connectivity index (χ1) is 13.3. The quantitative estimate of drug-likeness (QED) is 0.785. The van der Waals surface area contributed by atoms with Crippen LogP contribution in [0, 0.1) is 23.7 Å². The van der Waals surface area contributed by atoms with Gasteiger partial charge in [0.2, 0.25) is 17.7 Å². The van der Waals surface area contributed by atoms with E-state index in [1.807, 2.05) is 31.2 Å². The summed E-state index contributed by atoms with van der Waals surface area (Å²) in [5.74, 6) is 1.50. The summed E-state index contributed by atoms with van der Waals surface area (Å²) in [7, 11) is 0. The molecule has 0 saturated heterocycles. The summed E-state index contributed by atoms with van der Waals surface area (Å²) in [6, 6.07) is 7.91. The molecule has 0 aliphatic heterocycles. The molecular weight excluding hydrogens is 352 g/mol. The molecule has 1 heterocycles. The van der Waals surface area contributed by atoms with E-state index in [4.69, 9.17) is 4.42 Å².